The number of aromatic nitrogens is 1. The smallest absolute Gasteiger partial charge is 0.312 e. The van der Waals surface area contributed by atoms with Gasteiger partial charge in [0.1, 0.15) is 29.7 Å². The fraction of sp³-hybridized carbons (Fsp3) is 0.404. The topological polar surface area (TPSA) is 349 Å². The van der Waals surface area contributed by atoms with Crippen LogP contribution in [0.2, 0.25) is 5.02 Å². The molecule has 1 aromatic heterocycles. The van der Waals surface area contributed by atoms with E-state index in [-0.39, 0.29) is 57.9 Å². The van der Waals surface area contributed by atoms with Crippen LogP contribution < -0.4 is 54.8 Å². The Hall–Kier alpha value is -7.03. The number of aliphatic carboxylic acids is 1. The SMILES string of the molecule is NCCCC[C@H](NC(=O)[C@H](Cc1c[nH]c2ccccc12)NC(=O)[C@H](CCCNC(N)=O)NC(=O)[C@@H](Cc1ccccc1)NC(=O)C1(NC(=O)[C@@H](N)CC(=O)O)CCc2c(Cl)cccc2C1)C(N)=O. The van der Waals surface area contributed by atoms with E-state index in [1.54, 1.807) is 54.7 Å². The summed E-state index contributed by atoms with van der Waals surface area (Å²) in [6.07, 6.45) is 2.29. The normalized spacial score (nSPS) is 16.4. The lowest BCUT2D eigenvalue weighted by Crippen LogP contribution is -2.66. The second-order valence-corrected chi connectivity index (χ2v) is 17.3. The van der Waals surface area contributed by atoms with Gasteiger partial charge in [-0.25, -0.2) is 4.79 Å². The van der Waals surface area contributed by atoms with Crippen molar-refractivity contribution in [2.24, 2.45) is 22.9 Å². The number of carboxylic acids is 1. The van der Waals surface area contributed by atoms with Gasteiger partial charge in [0.25, 0.3) is 0 Å². The monoisotopic (exact) mass is 957 g/mol. The molecule has 0 fully saturated rings. The van der Waals surface area contributed by atoms with Crippen molar-refractivity contribution in [1.82, 2.24) is 36.9 Å². The van der Waals surface area contributed by atoms with Crippen LogP contribution in [0.15, 0.2) is 79.0 Å². The fourth-order valence-corrected chi connectivity index (χ4v) is 8.52. The molecule has 16 N–H and O–H groups in total. The van der Waals surface area contributed by atoms with Crippen LogP contribution in [0.5, 0.6) is 0 Å². The zero-order valence-corrected chi connectivity index (χ0v) is 38.2. The lowest BCUT2D eigenvalue weighted by Gasteiger charge is -2.39. The van der Waals surface area contributed by atoms with Crippen molar-refractivity contribution in [2.45, 2.75) is 106 Å². The predicted octanol–water partition coefficient (Wildman–Crippen LogP) is 0.454. The van der Waals surface area contributed by atoms with Crippen LogP contribution >= 0.6 is 11.6 Å². The lowest BCUT2D eigenvalue weighted by atomic mass is 9.76. The predicted molar refractivity (Wildman–Crippen MR) is 253 cm³/mol. The molecule has 20 nitrogen and oxygen atoms in total. The minimum atomic E-state index is -1.73. The quantitative estimate of drug-likeness (QED) is 0.0405. The van der Waals surface area contributed by atoms with Crippen molar-refractivity contribution >= 4 is 69.9 Å². The molecule has 4 aromatic rings. The largest absolute Gasteiger partial charge is 0.481 e. The van der Waals surface area contributed by atoms with Crippen molar-refractivity contribution in [3.05, 3.63) is 106 Å². The summed E-state index contributed by atoms with van der Waals surface area (Å²) in [6.45, 7) is 0.375. The number of unbranched alkanes of at least 4 members (excludes halogenated alkanes) is 1. The highest BCUT2D eigenvalue weighted by Gasteiger charge is 2.45. The zero-order valence-electron chi connectivity index (χ0n) is 37.5. The molecule has 68 heavy (non-hydrogen) atoms. The fourth-order valence-electron chi connectivity index (χ4n) is 8.23. The standard InChI is InChI=1S/C47H60ClN11O9/c48-32-14-8-12-28-25-47(19-18-30(28)32,59-41(63)33(50)24-39(60)61)45(67)58-37(22-27-10-2-1-3-11-27)43(65)56-36(17-9-21-53-46(52)68)42(64)57-38(23-29-26-54-34-15-5-4-13-31(29)34)44(66)55-35(40(51)62)16-6-7-20-49/h1-5,8,10-15,26,33,35-38,54H,6-7,9,16-25,49-50H2,(H2,51,62)(H,55,66)(H,56,65)(H,57,64)(H,58,67)(H,59,63)(H,60,61)(H3,52,53,68)/t33-,35-,36-,37+,38-,47?/m0/s1. The zero-order chi connectivity index (χ0) is 49.4. The van der Waals surface area contributed by atoms with E-state index in [2.05, 4.69) is 36.9 Å². The number of carbonyl (C=O) groups excluding carboxylic acids is 7. The Morgan fingerprint density at radius 3 is 2.07 bits per heavy atom. The molecule has 8 amide bonds. The number of hydrogen-bond acceptors (Lipinski definition) is 10. The third-order valence-electron chi connectivity index (χ3n) is 11.9. The first-order chi connectivity index (χ1) is 32.5. The van der Waals surface area contributed by atoms with Crippen LogP contribution in [-0.2, 0) is 59.2 Å². The van der Waals surface area contributed by atoms with E-state index in [9.17, 15) is 43.5 Å². The van der Waals surface area contributed by atoms with Gasteiger partial charge in [-0.15, -0.1) is 0 Å². The van der Waals surface area contributed by atoms with Gasteiger partial charge in [-0.1, -0.05) is 72.3 Å². The molecule has 6 atom stereocenters. The number of nitrogens with two attached hydrogens (primary N) is 4. The van der Waals surface area contributed by atoms with Crippen molar-refractivity contribution in [2.75, 3.05) is 13.1 Å². The van der Waals surface area contributed by atoms with Crippen LogP contribution in [0.25, 0.3) is 10.9 Å². The molecule has 0 bridgehead atoms. The average Bonchev–Trinajstić information content (AvgIpc) is 3.71. The van der Waals surface area contributed by atoms with Gasteiger partial charge in [0.05, 0.1) is 12.5 Å². The van der Waals surface area contributed by atoms with Crippen molar-refractivity contribution in [1.29, 1.82) is 0 Å². The summed E-state index contributed by atoms with van der Waals surface area (Å²) in [5, 5.41) is 26.8. The number of carboxylic acid groups (broad SMARTS) is 1. The number of rotatable bonds is 25. The van der Waals surface area contributed by atoms with Crippen LogP contribution in [0.3, 0.4) is 0 Å². The molecule has 0 radical (unpaired) electrons. The number of nitrogens with one attached hydrogen (secondary N) is 7. The van der Waals surface area contributed by atoms with Gasteiger partial charge in [0, 0.05) is 47.9 Å². The maximum absolute atomic E-state index is 14.8. The summed E-state index contributed by atoms with van der Waals surface area (Å²) < 4.78 is 0. The van der Waals surface area contributed by atoms with Crippen LogP contribution in [0.4, 0.5) is 4.79 Å². The lowest BCUT2D eigenvalue weighted by molar-refractivity contribution is -0.141. The number of halogens is 1. The Bertz CT molecular complexity index is 2450. The molecule has 3 aromatic carbocycles. The third kappa shape index (κ3) is 14.5. The van der Waals surface area contributed by atoms with Gasteiger partial charge < -0.3 is 64.9 Å². The number of H-pyrrole nitrogens is 1. The first kappa shape index (κ1) is 51.9. The Morgan fingerprint density at radius 1 is 0.735 bits per heavy atom. The number of primary amides is 2. The van der Waals surface area contributed by atoms with E-state index < -0.39 is 89.6 Å². The summed E-state index contributed by atoms with van der Waals surface area (Å²) in [6, 6.07) is 13.7. The van der Waals surface area contributed by atoms with Crippen molar-refractivity contribution in [3.8, 4) is 0 Å². The van der Waals surface area contributed by atoms with Gasteiger partial charge in [-0.3, -0.25) is 33.6 Å². The van der Waals surface area contributed by atoms with Crippen LogP contribution in [0.1, 0.15) is 67.2 Å². The first-order valence-corrected chi connectivity index (χ1v) is 22.8. The molecule has 21 heteroatoms. The molecule has 1 heterocycles. The molecule has 0 aliphatic heterocycles. The Kier molecular flexibility index (Phi) is 18.8. The number of carbonyl (C=O) groups is 8. The second kappa shape index (κ2) is 24.7. The molecule has 0 saturated heterocycles. The number of para-hydroxylation sites is 1. The maximum Gasteiger partial charge on any atom is 0.312 e. The van der Waals surface area contributed by atoms with Gasteiger partial charge in [-0.05, 0) is 85.9 Å². The molecule has 0 spiro atoms. The van der Waals surface area contributed by atoms with Crippen molar-refractivity contribution < 1.29 is 43.5 Å². The first-order valence-electron chi connectivity index (χ1n) is 22.4. The minimum absolute atomic E-state index is 0.00216. The van der Waals surface area contributed by atoms with E-state index in [0.29, 0.717) is 41.1 Å². The number of benzene rings is 3. The van der Waals surface area contributed by atoms with Gasteiger partial charge in [0.15, 0.2) is 0 Å². The molecule has 364 valence electrons. The van der Waals surface area contributed by atoms with Gasteiger partial charge in [-0.2, -0.15) is 0 Å². The Labute approximate surface area is 397 Å². The van der Waals surface area contributed by atoms with Gasteiger partial charge >= 0.3 is 12.0 Å². The van der Waals surface area contributed by atoms with E-state index in [1.807, 2.05) is 24.3 Å². The number of hydrogen-bond donors (Lipinski definition) is 12. The Morgan fingerprint density at radius 2 is 1.38 bits per heavy atom. The van der Waals surface area contributed by atoms with Gasteiger partial charge in [0.2, 0.25) is 35.4 Å². The second-order valence-electron chi connectivity index (χ2n) is 16.9. The minimum Gasteiger partial charge on any atom is -0.481 e. The van der Waals surface area contributed by atoms with E-state index in [0.717, 1.165) is 16.5 Å². The van der Waals surface area contributed by atoms with E-state index in [4.69, 9.17) is 34.5 Å². The third-order valence-corrected chi connectivity index (χ3v) is 12.2. The molecular formula is C47H60ClN11O9. The summed E-state index contributed by atoms with van der Waals surface area (Å²) in [5.74, 6) is -6.14. The summed E-state index contributed by atoms with van der Waals surface area (Å²) in [4.78, 5) is 110. The summed E-state index contributed by atoms with van der Waals surface area (Å²) in [7, 11) is 0. The van der Waals surface area contributed by atoms with Crippen LogP contribution in [-0.4, -0.2) is 106 Å². The molecule has 1 aliphatic rings. The van der Waals surface area contributed by atoms with Crippen molar-refractivity contribution in [3.63, 3.8) is 0 Å². The number of aromatic amines is 1. The molecule has 0 saturated carbocycles. The summed E-state index contributed by atoms with van der Waals surface area (Å²) in [5.41, 5.74) is 24.3. The molecule has 1 unspecified atom stereocenters. The summed E-state index contributed by atoms with van der Waals surface area (Å²) >= 11 is 6.51. The number of amides is 8. The number of urea groups is 1. The highest BCUT2D eigenvalue weighted by Crippen LogP contribution is 2.34. The molecule has 1 aliphatic carbocycles. The van der Waals surface area contributed by atoms with E-state index in [1.165, 1.54) is 0 Å². The molecular weight excluding hydrogens is 898 g/mol. The number of fused-ring (bicyclic) bond motifs is 2. The molecule has 5 rings (SSSR count). The van der Waals surface area contributed by atoms with Crippen LogP contribution in [0, 0.1) is 0 Å². The highest BCUT2D eigenvalue weighted by atomic mass is 35.5. The highest BCUT2D eigenvalue weighted by molar-refractivity contribution is 6.31. The maximum atomic E-state index is 14.8. The van der Waals surface area contributed by atoms with E-state index >= 15 is 0 Å². The Balaban J connectivity index is 1.47. The average molecular weight is 959 g/mol.